The van der Waals surface area contributed by atoms with Crippen LogP contribution in [0.25, 0.3) is 0 Å². The van der Waals surface area contributed by atoms with Crippen LogP contribution in [-0.4, -0.2) is 25.3 Å². The second-order valence-corrected chi connectivity index (χ2v) is 9.83. The summed E-state index contributed by atoms with van der Waals surface area (Å²) in [6.07, 6.45) is -3.83. The minimum Gasteiger partial charge on any atom is -0.379 e. The monoisotopic (exact) mass is 505 g/mol. The summed E-state index contributed by atoms with van der Waals surface area (Å²) >= 11 is 0. The molecule has 0 heterocycles. The second-order valence-electron chi connectivity index (χ2n) is 8.29. The van der Waals surface area contributed by atoms with Gasteiger partial charge in [-0.1, -0.05) is 37.3 Å². The first-order chi connectivity index (χ1) is 16.4. The Morgan fingerprint density at radius 1 is 0.943 bits per heavy atom. The lowest BCUT2D eigenvalue weighted by Gasteiger charge is -2.27. The van der Waals surface area contributed by atoms with E-state index in [1.807, 2.05) is 32.9 Å². The van der Waals surface area contributed by atoms with Crippen molar-refractivity contribution in [2.24, 2.45) is 0 Å². The summed E-state index contributed by atoms with van der Waals surface area (Å²) in [6.45, 7) is 5.96. The number of rotatable bonds is 8. The number of hydrogen-bond donors (Lipinski definition) is 0. The Labute approximate surface area is 203 Å². The van der Waals surface area contributed by atoms with E-state index in [4.69, 9.17) is 4.18 Å². The van der Waals surface area contributed by atoms with E-state index in [9.17, 15) is 26.4 Å². The predicted octanol–water partition coefficient (Wildman–Crippen LogP) is 6.09. The number of aryl methyl sites for hydroxylation is 1. The Morgan fingerprint density at radius 3 is 2.20 bits per heavy atom. The van der Waals surface area contributed by atoms with E-state index >= 15 is 0 Å². The highest BCUT2D eigenvalue weighted by atomic mass is 32.2. The number of halogens is 3. The van der Waals surface area contributed by atoms with Gasteiger partial charge < -0.3 is 9.08 Å². The number of alkyl halides is 3. The minimum atomic E-state index is -4.69. The maximum atomic E-state index is 13.1. The average molecular weight is 506 g/mol. The first-order valence-corrected chi connectivity index (χ1v) is 12.4. The number of nitrogens with zero attached hydrogens (tertiary/aromatic N) is 1. The summed E-state index contributed by atoms with van der Waals surface area (Å²) < 4.78 is 69.3. The summed E-state index contributed by atoms with van der Waals surface area (Å²) in [6, 6.07) is 16.7. The summed E-state index contributed by atoms with van der Waals surface area (Å²) in [5, 5.41) is 0. The fourth-order valence-corrected chi connectivity index (χ4v) is 4.40. The van der Waals surface area contributed by atoms with E-state index in [-0.39, 0.29) is 24.2 Å². The molecule has 0 atom stereocenters. The van der Waals surface area contributed by atoms with E-state index in [1.54, 1.807) is 29.2 Å². The third-order valence-electron chi connectivity index (χ3n) is 5.40. The smallest absolute Gasteiger partial charge is 0.379 e. The van der Waals surface area contributed by atoms with E-state index in [0.717, 1.165) is 30.2 Å². The molecule has 0 unspecified atom stereocenters. The first-order valence-electron chi connectivity index (χ1n) is 11.0. The van der Waals surface area contributed by atoms with Gasteiger partial charge in [-0.15, -0.1) is 0 Å². The molecule has 0 N–H and O–H groups in total. The fraction of sp³-hybridized carbons (Fsp3) is 0.269. The van der Waals surface area contributed by atoms with Gasteiger partial charge in [0.15, 0.2) is 0 Å². The van der Waals surface area contributed by atoms with Gasteiger partial charge in [0.05, 0.1) is 5.56 Å². The van der Waals surface area contributed by atoms with Crippen LogP contribution >= 0.6 is 0 Å². The topological polar surface area (TPSA) is 63.7 Å². The van der Waals surface area contributed by atoms with Crippen molar-refractivity contribution in [3.8, 4) is 5.75 Å². The first kappa shape index (κ1) is 26.3. The van der Waals surface area contributed by atoms with Crippen LogP contribution in [0.5, 0.6) is 5.75 Å². The van der Waals surface area contributed by atoms with Crippen LogP contribution in [0, 0.1) is 0 Å². The molecule has 9 heteroatoms. The molecule has 0 aromatic heterocycles. The van der Waals surface area contributed by atoms with Gasteiger partial charge in [0.2, 0.25) is 0 Å². The van der Waals surface area contributed by atoms with Crippen molar-refractivity contribution in [1.29, 1.82) is 0 Å². The maximum absolute atomic E-state index is 13.1. The Bertz CT molecular complexity index is 1290. The number of amides is 1. The van der Waals surface area contributed by atoms with Crippen molar-refractivity contribution in [2.75, 3.05) is 0 Å². The predicted molar refractivity (Wildman–Crippen MR) is 127 cm³/mol. The highest BCUT2D eigenvalue weighted by Gasteiger charge is 2.32. The van der Waals surface area contributed by atoms with Crippen molar-refractivity contribution < 1.29 is 30.6 Å². The molecule has 1 amide bonds. The largest absolute Gasteiger partial charge is 0.416 e. The molecule has 0 bridgehead atoms. The average Bonchev–Trinajstić information content (AvgIpc) is 2.81. The Balaban J connectivity index is 1.81. The molecule has 0 radical (unpaired) electrons. The maximum Gasteiger partial charge on any atom is 0.416 e. The zero-order valence-corrected chi connectivity index (χ0v) is 20.4. The molecule has 5 nitrogen and oxygen atoms in total. The second kappa shape index (κ2) is 10.5. The van der Waals surface area contributed by atoms with Crippen LogP contribution in [0.15, 0.2) is 77.7 Å². The van der Waals surface area contributed by atoms with Gasteiger partial charge in [-0.3, -0.25) is 4.79 Å². The molecule has 0 aliphatic heterocycles. The standard InChI is InChI=1S/C26H26F3NO4S/c1-4-19-11-13-21(14-12-19)25(31)30(18(2)3)17-20-7-5-9-23(15-20)34-35(32,33)24-10-6-8-22(16-24)26(27,28)29/h5-16,18H,4,17H2,1-3H3. The molecule has 0 saturated carbocycles. The van der Waals surface area contributed by atoms with Gasteiger partial charge in [-0.25, -0.2) is 0 Å². The number of carbonyl (C=O) groups is 1. The normalized spacial score (nSPS) is 12.0. The summed E-state index contributed by atoms with van der Waals surface area (Å²) in [5.74, 6) is -0.242. The third kappa shape index (κ3) is 6.63. The lowest BCUT2D eigenvalue weighted by atomic mass is 10.1. The molecule has 3 aromatic rings. The van der Waals surface area contributed by atoms with E-state index in [1.165, 1.54) is 12.1 Å². The third-order valence-corrected chi connectivity index (χ3v) is 6.64. The van der Waals surface area contributed by atoms with Gasteiger partial charge in [0, 0.05) is 18.2 Å². The number of benzene rings is 3. The van der Waals surface area contributed by atoms with Gasteiger partial charge in [-0.2, -0.15) is 21.6 Å². The minimum absolute atomic E-state index is 0.0663. The number of hydrogen-bond acceptors (Lipinski definition) is 4. The van der Waals surface area contributed by atoms with Crippen LogP contribution in [0.2, 0.25) is 0 Å². The summed E-state index contributed by atoms with van der Waals surface area (Å²) in [7, 11) is -4.50. The van der Waals surface area contributed by atoms with Crippen LogP contribution in [0.1, 0.15) is 47.8 Å². The van der Waals surface area contributed by atoms with Crippen molar-refractivity contribution in [1.82, 2.24) is 4.90 Å². The fourth-order valence-electron chi connectivity index (χ4n) is 3.43. The molecule has 35 heavy (non-hydrogen) atoms. The van der Waals surface area contributed by atoms with Gasteiger partial charge in [-0.05, 0) is 73.9 Å². The SMILES string of the molecule is CCc1ccc(C(=O)N(Cc2cccc(OS(=O)(=O)c3cccc(C(F)(F)F)c3)c2)C(C)C)cc1. The van der Waals surface area contributed by atoms with E-state index in [2.05, 4.69) is 0 Å². The molecular formula is C26H26F3NO4S. The van der Waals surface area contributed by atoms with E-state index < -0.39 is 26.8 Å². The van der Waals surface area contributed by atoms with Gasteiger partial charge >= 0.3 is 16.3 Å². The van der Waals surface area contributed by atoms with Crippen molar-refractivity contribution in [3.63, 3.8) is 0 Å². The molecule has 0 saturated heterocycles. The van der Waals surface area contributed by atoms with Crippen LogP contribution in [0.3, 0.4) is 0 Å². The zero-order chi connectivity index (χ0) is 25.8. The highest BCUT2D eigenvalue weighted by Crippen LogP contribution is 2.31. The van der Waals surface area contributed by atoms with Crippen molar-refractivity contribution >= 4 is 16.0 Å². The van der Waals surface area contributed by atoms with Crippen LogP contribution in [0.4, 0.5) is 13.2 Å². The molecule has 3 rings (SSSR count). The highest BCUT2D eigenvalue weighted by molar-refractivity contribution is 7.87. The molecule has 0 fully saturated rings. The number of carbonyl (C=O) groups excluding carboxylic acids is 1. The molecule has 186 valence electrons. The van der Waals surface area contributed by atoms with Crippen LogP contribution < -0.4 is 4.18 Å². The van der Waals surface area contributed by atoms with E-state index in [0.29, 0.717) is 17.2 Å². The molecular weight excluding hydrogens is 479 g/mol. The summed E-state index contributed by atoms with van der Waals surface area (Å²) in [5.41, 5.74) is 1.17. The zero-order valence-electron chi connectivity index (χ0n) is 19.5. The summed E-state index contributed by atoms with van der Waals surface area (Å²) in [4.78, 5) is 14.1. The molecule has 0 spiro atoms. The Kier molecular flexibility index (Phi) is 7.90. The quantitative estimate of drug-likeness (QED) is 0.348. The van der Waals surface area contributed by atoms with Gasteiger partial charge in [0.1, 0.15) is 10.6 Å². The van der Waals surface area contributed by atoms with Crippen molar-refractivity contribution in [3.05, 3.63) is 95.1 Å². The Morgan fingerprint density at radius 2 is 1.60 bits per heavy atom. The molecule has 0 aliphatic carbocycles. The van der Waals surface area contributed by atoms with Crippen molar-refractivity contribution in [2.45, 2.75) is 50.9 Å². The van der Waals surface area contributed by atoms with Gasteiger partial charge in [0.25, 0.3) is 5.91 Å². The molecule has 0 aliphatic rings. The van der Waals surface area contributed by atoms with Crippen LogP contribution in [-0.2, 0) is 29.3 Å². The Hall–Kier alpha value is -3.33. The molecule has 3 aromatic carbocycles. The lowest BCUT2D eigenvalue weighted by molar-refractivity contribution is -0.137. The lowest BCUT2D eigenvalue weighted by Crippen LogP contribution is -2.36.